The van der Waals surface area contributed by atoms with Crippen LogP contribution in [0.5, 0.6) is 5.75 Å². The van der Waals surface area contributed by atoms with Gasteiger partial charge in [0.2, 0.25) is 0 Å². The third-order valence-corrected chi connectivity index (χ3v) is 2.83. The van der Waals surface area contributed by atoms with E-state index in [0.717, 1.165) is 17.7 Å². The number of carboxylic acid groups (broad SMARTS) is 1. The van der Waals surface area contributed by atoms with Gasteiger partial charge in [-0.05, 0) is 48.0 Å². The molecule has 5 heteroatoms. The number of ether oxygens (including phenoxy) is 1. The molecule has 0 amide bonds. The first-order chi connectivity index (χ1) is 10.5. The first-order valence-electron chi connectivity index (χ1n) is 6.47. The van der Waals surface area contributed by atoms with Crippen molar-refractivity contribution in [2.24, 2.45) is 0 Å². The highest BCUT2D eigenvalue weighted by Gasteiger charge is 2.03. The van der Waals surface area contributed by atoms with Crippen LogP contribution < -0.4 is 4.74 Å². The molecular formula is C17H13FO4. The van der Waals surface area contributed by atoms with Gasteiger partial charge < -0.3 is 9.84 Å². The predicted octanol–water partition coefficient (Wildman–Crippen LogP) is 3.23. The zero-order valence-corrected chi connectivity index (χ0v) is 11.5. The van der Waals surface area contributed by atoms with E-state index in [1.54, 1.807) is 36.4 Å². The second kappa shape index (κ2) is 7.17. The molecule has 0 spiro atoms. The number of rotatable bonds is 6. The number of ketones is 1. The Labute approximate surface area is 126 Å². The van der Waals surface area contributed by atoms with E-state index < -0.39 is 11.8 Å². The van der Waals surface area contributed by atoms with Gasteiger partial charge in [0.05, 0.1) is 0 Å². The largest absolute Gasteiger partial charge is 0.489 e. The maximum atomic E-state index is 12.8. The maximum Gasteiger partial charge on any atom is 0.328 e. The summed E-state index contributed by atoms with van der Waals surface area (Å²) < 4.78 is 18.3. The fraction of sp³-hybridized carbons (Fsp3) is 0.0588. The molecule has 0 saturated heterocycles. The number of hydrogen-bond donors (Lipinski definition) is 1. The summed E-state index contributed by atoms with van der Waals surface area (Å²) in [6.45, 7) is 0.284. The van der Waals surface area contributed by atoms with E-state index in [1.807, 2.05) is 0 Å². The SMILES string of the molecule is O=C(O)/C=C/C(=O)c1ccc(OCc2ccc(F)cc2)cc1. The summed E-state index contributed by atoms with van der Waals surface area (Å²) in [5.74, 6) is -1.32. The van der Waals surface area contributed by atoms with Gasteiger partial charge in [0.15, 0.2) is 5.78 Å². The molecule has 0 unspecified atom stereocenters. The van der Waals surface area contributed by atoms with Crippen LogP contribution in [0.1, 0.15) is 15.9 Å². The smallest absolute Gasteiger partial charge is 0.328 e. The number of aliphatic carboxylic acids is 1. The average Bonchev–Trinajstić information content (AvgIpc) is 2.52. The fourth-order valence-electron chi connectivity index (χ4n) is 1.71. The number of hydrogen-bond acceptors (Lipinski definition) is 3. The van der Waals surface area contributed by atoms with Gasteiger partial charge in [-0.25, -0.2) is 9.18 Å². The molecule has 0 aliphatic heterocycles. The van der Waals surface area contributed by atoms with E-state index in [0.29, 0.717) is 11.3 Å². The van der Waals surface area contributed by atoms with Crippen LogP contribution in [0.25, 0.3) is 0 Å². The second-order valence-electron chi connectivity index (χ2n) is 4.48. The van der Waals surface area contributed by atoms with Crippen molar-refractivity contribution in [1.82, 2.24) is 0 Å². The summed E-state index contributed by atoms with van der Waals surface area (Å²) in [6.07, 6.45) is 1.79. The quantitative estimate of drug-likeness (QED) is 0.657. The van der Waals surface area contributed by atoms with Crippen molar-refractivity contribution in [3.63, 3.8) is 0 Å². The third kappa shape index (κ3) is 4.56. The van der Waals surface area contributed by atoms with Crippen LogP contribution >= 0.6 is 0 Å². The summed E-state index contributed by atoms with van der Waals surface area (Å²) in [4.78, 5) is 22.0. The number of carboxylic acids is 1. The molecule has 1 N–H and O–H groups in total. The van der Waals surface area contributed by atoms with Gasteiger partial charge in [0.1, 0.15) is 18.2 Å². The van der Waals surface area contributed by atoms with E-state index in [-0.39, 0.29) is 12.4 Å². The Bertz CT molecular complexity index is 688. The van der Waals surface area contributed by atoms with Gasteiger partial charge in [0.25, 0.3) is 0 Å². The molecule has 0 saturated carbocycles. The predicted molar refractivity (Wildman–Crippen MR) is 78.3 cm³/mol. The van der Waals surface area contributed by atoms with Crippen LogP contribution in [-0.4, -0.2) is 16.9 Å². The monoisotopic (exact) mass is 300 g/mol. The number of halogens is 1. The average molecular weight is 300 g/mol. The standard InChI is InChI=1S/C17H13FO4/c18-14-5-1-12(2-6-14)11-22-15-7-3-13(4-8-15)16(19)9-10-17(20)21/h1-10H,11H2,(H,20,21)/b10-9+. The summed E-state index contributed by atoms with van der Waals surface area (Å²) >= 11 is 0. The van der Waals surface area contributed by atoms with Crippen molar-refractivity contribution in [3.8, 4) is 5.75 Å². The lowest BCUT2D eigenvalue weighted by Gasteiger charge is -2.06. The molecule has 0 bridgehead atoms. The van der Waals surface area contributed by atoms with Crippen molar-refractivity contribution in [2.45, 2.75) is 6.61 Å². The Hall–Kier alpha value is -2.95. The fourth-order valence-corrected chi connectivity index (χ4v) is 1.71. The Morgan fingerprint density at radius 3 is 2.23 bits per heavy atom. The first kappa shape index (κ1) is 15.4. The van der Waals surface area contributed by atoms with E-state index in [9.17, 15) is 14.0 Å². The van der Waals surface area contributed by atoms with Gasteiger partial charge in [-0.2, -0.15) is 0 Å². The molecule has 0 radical (unpaired) electrons. The lowest BCUT2D eigenvalue weighted by Crippen LogP contribution is -1.98. The molecule has 0 aromatic heterocycles. The maximum absolute atomic E-state index is 12.8. The topological polar surface area (TPSA) is 63.6 Å². The van der Waals surface area contributed by atoms with Gasteiger partial charge in [-0.1, -0.05) is 12.1 Å². The van der Waals surface area contributed by atoms with Crippen molar-refractivity contribution in [1.29, 1.82) is 0 Å². The Morgan fingerprint density at radius 1 is 1.00 bits per heavy atom. The van der Waals surface area contributed by atoms with Crippen molar-refractivity contribution < 1.29 is 23.8 Å². The van der Waals surface area contributed by atoms with Gasteiger partial charge in [0, 0.05) is 11.6 Å². The Morgan fingerprint density at radius 2 is 1.64 bits per heavy atom. The molecule has 22 heavy (non-hydrogen) atoms. The molecule has 0 aliphatic carbocycles. The van der Waals surface area contributed by atoms with Crippen LogP contribution in [0.2, 0.25) is 0 Å². The summed E-state index contributed by atoms with van der Waals surface area (Å²) in [5.41, 5.74) is 1.19. The first-order valence-corrected chi connectivity index (χ1v) is 6.47. The molecule has 0 fully saturated rings. The van der Waals surface area contributed by atoms with Crippen LogP contribution in [0.15, 0.2) is 60.7 Å². The second-order valence-corrected chi connectivity index (χ2v) is 4.48. The molecule has 2 aromatic rings. The minimum atomic E-state index is -1.17. The normalized spacial score (nSPS) is 10.6. The molecular weight excluding hydrogens is 287 g/mol. The lowest BCUT2D eigenvalue weighted by atomic mass is 10.1. The molecule has 4 nitrogen and oxygen atoms in total. The Kier molecular flexibility index (Phi) is 5.03. The van der Waals surface area contributed by atoms with Gasteiger partial charge in [-0.3, -0.25) is 4.79 Å². The molecule has 2 rings (SSSR count). The molecule has 112 valence electrons. The van der Waals surface area contributed by atoms with Crippen molar-refractivity contribution in [3.05, 3.63) is 77.6 Å². The van der Waals surface area contributed by atoms with Crippen LogP contribution in [0, 0.1) is 5.82 Å². The molecule has 0 heterocycles. The molecule has 0 aliphatic rings. The Balaban J connectivity index is 1.95. The minimum absolute atomic E-state index is 0.284. The van der Waals surface area contributed by atoms with Crippen molar-refractivity contribution in [2.75, 3.05) is 0 Å². The van der Waals surface area contributed by atoms with Gasteiger partial charge in [-0.15, -0.1) is 0 Å². The number of allylic oxidation sites excluding steroid dienone is 1. The summed E-state index contributed by atoms with van der Waals surface area (Å²) in [7, 11) is 0. The summed E-state index contributed by atoms with van der Waals surface area (Å²) in [6, 6.07) is 12.3. The van der Waals surface area contributed by atoms with Crippen molar-refractivity contribution >= 4 is 11.8 Å². The zero-order chi connectivity index (χ0) is 15.9. The van der Waals surface area contributed by atoms with Crippen LogP contribution in [0.4, 0.5) is 4.39 Å². The zero-order valence-electron chi connectivity index (χ0n) is 11.5. The third-order valence-electron chi connectivity index (χ3n) is 2.83. The molecule has 0 atom stereocenters. The number of carbonyl (C=O) groups excluding carboxylic acids is 1. The van der Waals surface area contributed by atoms with E-state index in [1.165, 1.54) is 12.1 Å². The highest BCUT2D eigenvalue weighted by molar-refractivity contribution is 6.06. The lowest BCUT2D eigenvalue weighted by molar-refractivity contribution is -0.131. The van der Waals surface area contributed by atoms with Gasteiger partial charge >= 0.3 is 5.97 Å². The van der Waals surface area contributed by atoms with E-state index >= 15 is 0 Å². The minimum Gasteiger partial charge on any atom is -0.489 e. The van der Waals surface area contributed by atoms with E-state index in [2.05, 4.69) is 0 Å². The summed E-state index contributed by atoms with van der Waals surface area (Å²) in [5, 5.41) is 8.47. The molecule has 2 aromatic carbocycles. The number of carbonyl (C=O) groups is 2. The van der Waals surface area contributed by atoms with E-state index in [4.69, 9.17) is 9.84 Å². The number of benzene rings is 2. The van der Waals surface area contributed by atoms with Crippen LogP contribution in [0.3, 0.4) is 0 Å². The van der Waals surface area contributed by atoms with Crippen LogP contribution in [-0.2, 0) is 11.4 Å². The highest BCUT2D eigenvalue weighted by atomic mass is 19.1. The highest BCUT2D eigenvalue weighted by Crippen LogP contribution is 2.15.